The molecule has 0 saturated heterocycles. The van der Waals surface area contributed by atoms with Crippen LogP contribution in [-0.4, -0.2) is 17.7 Å². The van der Waals surface area contributed by atoms with Crippen LogP contribution in [0.2, 0.25) is 0 Å². The normalized spacial score (nSPS) is 12.4. The van der Waals surface area contributed by atoms with Crippen molar-refractivity contribution in [3.8, 4) is 0 Å². The van der Waals surface area contributed by atoms with Crippen molar-refractivity contribution in [1.82, 2.24) is 0 Å². The summed E-state index contributed by atoms with van der Waals surface area (Å²) in [5.41, 5.74) is 13.2. The average molecular weight is 276 g/mol. The van der Waals surface area contributed by atoms with E-state index >= 15 is 0 Å². The monoisotopic (exact) mass is 276 g/mol. The average Bonchev–Trinajstić information content (AvgIpc) is 2.42. The van der Waals surface area contributed by atoms with Gasteiger partial charge in [0.15, 0.2) is 0 Å². The lowest BCUT2D eigenvalue weighted by atomic mass is 9.98. The predicted octanol–water partition coefficient (Wildman–Crippen LogP) is 1.90. The Morgan fingerprint density at radius 3 is 2.20 bits per heavy atom. The van der Waals surface area contributed by atoms with Crippen molar-refractivity contribution in [2.45, 2.75) is 51.5 Å². The van der Waals surface area contributed by atoms with Gasteiger partial charge in [-0.1, -0.05) is 38.1 Å². The fraction of sp³-hybridized carbons (Fsp3) is 0.500. The van der Waals surface area contributed by atoms with Crippen molar-refractivity contribution >= 4 is 11.7 Å². The number of carbonyl (C=O) groups excluding carboxylic acids is 2. The zero-order chi connectivity index (χ0) is 15.1. The van der Waals surface area contributed by atoms with Gasteiger partial charge in [-0.25, -0.2) is 0 Å². The standard InChI is InChI=1S/C16H24N2O2/c1-11(2)13-6-3-12(4-7-13)5-9-15(19)14(17)8-10-16(18)20/h3-4,6-7,11,14H,5,8-10,17H2,1-2H3,(H2,18,20)/t14-/m0/s1. The molecule has 0 aliphatic carbocycles. The molecule has 1 aromatic carbocycles. The fourth-order valence-corrected chi connectivity index (χ4v) is 1.98. The van der Waals surface area contributed by atoms with Crippen LogP contribution in [-0.2, 0) is 16.0 Å². The maximum Gasteiger partial charge on any atom is 0.217 e. The smallest absolute Gasteiger partial charge is 0.217 e. The number of carbonyl (C=O) groups is 2. The molecule has 110 valence electrons. The molecular weight excluding hydrogens is 252 g/mol. The Kier molecular flexibility index (Phi) is 6.39. The zero-order valence-electron chi connectivity index (χ0n) is 12.3. The van der Waals surface area contributed by atoms with Crippen LogP contribution >= 0.6 is 0 Å². The Labute approximate surface area is 120 Å². The highest BCUT2D eigenvalue weighted by atomic mass is 16.1. The third-order valence-electron chi connectivity index (χ3n) is 3.42. The Morgan fingerprint density at radius 1 is 1.10 bits per heavy atom. The molecule has 4 heteroatoms. The maximum absolute atomic E-state index is 11.8. The third kappa shape index (κ3) is 5.53. The molecule has 1 atom stereocenters. The fourth-order valence-electron chi connectivity index (χ4n) is 1.98. The van der Waals surface area contributed by atoms with Gasteiger partial charge in [-0.2, -0.15) is 0 Å². The van der Waals surface area contributed by atoms with Gasteiger partial charge in [0.2, 0.25) is 5.91 Å². The van der Waals surface area contributed by atoms with Crippen LogP contribution in [0.25, 0.3) is 0 Å². The van der Waals surface area contributed by atoms with E-state index < -0.39 is 11.9 Å². The van der Waals surface area contributed by atoms with Crippen LogP contribution in [0.3, 0.4) is 0 Å². The van der Waals surface area contributed by atoms with E-state index in [9.17, 15) is 9.59 Å². The van der Waals surface area contributed by atoms with Gasteiger partial charge in [-0.3, -0.25) is 9.59 Å². The SMILES string of the molecule is CC(C)c1ccc(CCC(=O)[C@@H](N)CCC(N)=O)cc1. The van der Waals surface area contributed by atoms with Gasteiger partial charge < -0.3 is 11.5 Å². The molecule has 4 N–H and O–H groups in total. The first-order valence-corrected chi connectivity index (χ1v) is 7.05. The zero-order valence-corrected chi connectivity index (χ0v) is 12.3. The lowest BCUT2D eigenvalue weighted by Crippen LogP contribution is -2.32. The number of aryl methyl sites for hydroxylation is 1. The first-order valence-electron chi connectivity index (χ1n) is 7.05. The van der Waals surface area contributed by atoms with E-state index in [1.165, 1.54) is 5.56 Å². The van der Waals surface area contributed by atoms with Gasteiger partial charge in [-0.15, -0.1) is 0 Å². The second kappa shape index (κ2) is 7.80. The second-order valence-corrected chi connectivity index (χ2v) is 5.47. The van der Waals surface area contributed by atoms with Crippen molar-refractivity contribution in [2.24, 2.45) is 11.5 Å². The van der Waals surface area contributed by atoms with E-state index in [2.05, 4.69) is 38.1 Å². The van der Waals surface area contributed by atoms with Gasteiger partial charge in [0, 0.05) is 12.8 Å². The summed E-state index contributed by atoms with van der Waals surface area (Å²) in [4.78, 5) is 22.5. The Morgan fingerprint density at radius 2 is 1.70 bits per heavy atom. The summed E-state index contributed by atoms with van der Waals surface area (Å²) in [6.07, 6.45) is 1.58. The van der Waals surface area contributed by atoms with E-state index in [-0.39, 0.29) is 12.2 Å². The number of hydrogen-bond acceptors (Lipinski definition) is 3. The highest BCUT2D eigenvalue weighted by molar-refractivity contribution is 5.84. The number of benzene rings is 1. The number of amides is 1. The number of nitrogens with two attached hydrogens (primary N) is 2. The summed E-state index contributed by atoms with van der Waals surface area (Å²) in [7, 11) is 0. The van der Waals surface area contributed by atoms with E-state index in [0.717, 1.165) is 5.56 Å². The highest BCUT2D eigenvalue weighted by Gasteiger charge is 2.14. The molecule has 0 aromatic heterocycles. The molecule has 1 aromatic rings. The summed E-state index contributed by atoms with van der Waals surface area (Å²) in [5, 5.41) is 0. The molecule has 1 rings (SSSR count). The van der Waals surface area contributed by atoms with Crippen LogP contribution in [0.1, 0.15) is 50.2 Å². The number of primary amides is 1. The first-order chi connectivity index (χ1) is 9.40. The molecule has 0 radical (unpaired) electrons. The molecule has 1 amide bonds. The first kappa shape index (κ1) is 16.4. The van der Waals surface area contributed by atoms with Gasteiger partial charge in [0.1, 0.15) is 5.78 Å². The minimum Gasteiger partial charge on any atom is -0.370 e. The molecule has 0 spiro atoms. The predicted molar refractivity (Wildman–Crippen MR) is 80.3 cm³/mol. The van der Waals surface area contributed by atoms with Crippen molar-refractivity contribution in [3.05, 3.63) is 35.4 Å². The Hall–Kier alpha value is -1.68. The highest BCUT2D eigenvalue weighted by Crippen LogP contribution is 2.15. The molecule has 0 unspecified atom stereocenters. The molecule has 0 bridgehead atoms. The lowest BCUT2D eigenvalue weighted by Gasteiger charge is -2.10. The van der Waals surface area contributed by atoms with Crippen LogP contribution in [0, 0.1) is 0 Å². The molecule has 0 heterocycles. The van der Waals surface area contributed by atoms with E-state index in [1.807, 2.05) is 0 Å². The summed E-state index contributed by atoms with van der Waals surface area (Å²) >= 11 is 0. The van der Waals surface area contributed by atoms with Gasteiger partial charge in [-0.05, 0) is 29.9 Å². The van der Waals surface area contributed by atoms with Crippen LogP contribution in [0.4, 0.5) is 0 Å². The number of hydrogen-bond donors (Lipinski definition) is 2. The minimum absolute atomic E-state index is 0.0146. The van der Waals surface area contributed by atoms with Gasteiger partial charge in [0.05, 0.1) is 6.04 Å². The van der Waals surface area contributed by atoms with Crippen LogP contribution < -0.4 is 11.5 Å². The molecule has 4 nitrogen and oxygen atoms in total. The summed E-state index contributed by atoms with van der Waals surface area (Å²) in [6.45, 7) is 4.30. The number of rotatable bonds is 8. The third-order valence-corrected chi connectivity index (χ3v) is 3.42. The van der Waals surface area contributed by atoms with Crippen molar-refractivity contribution in [3.63, 3.8) is 0 Å². The lowest BCUT2D eigenvalue weighted by molar-refractivity contribution is -0.121. The summed E-state index contributed by atoms with van der Waals surface area (Å²) in [5.74, 6) is 0.0737. The molecule has 0 aliphatic heterocycles. The minimum atomic E-state index is -0.586. The van der Waals surface area contributed by atoms with Crippen molar-refractivity contribution < 1.29 is 9.59 Å². The van der Waals surface area contributed by atoms with Crippen molar-refractivity contribution in [1.29, 1.82) is 0 Å². The molecule has 0 aliphatic rings. The van der Waals surface area contributed by atoms with Gasteiger partial charge in [0.25, 0.3) is 0 Å². The molecule has 20 heavy (non-hydrogen) atoms. The van der Waals surface area contributed by atoms with Crippen LogP contribution in [0.15, 0.2) is 24.3 Å². The molecular formula is C16H24N2O2. The topological polar surface area (TPSA) is 86.2 Å². The van der Waals surface area contributed by atoms with E-state index in [1.54, 1.807) is 0 Å². The Balaban J connectivity index is 2.42. The summed E-state index contributed by atoms with van der Waals surface area (Å²) < 4.78 is 0. The molecule has 0 saturated carbocycles. The van der Waals surface area contributed by atoms with E-state index in [4.69, 9.17) is 11.5 Å². The molecule has 0 fully saturated rings. The number of Topliss-reactive ketones (excluding diaryl/α,β-unsaturated/α-hetero) is 1. The summed E-state index contributed by atoms with van der Waals surface area (Å²) in [6, 6.07) is 7.71. The Bertz CT molecular complexity index is 452. The second-order valence-electron chi connectivity index (χ2n) is 5.47. The van der Waals surface area contributed by atoms with E-state index in [0.29, 0.717) is 25.2 Å². The van der Waals surface area contributed by atoms with Gasteiger partial charge >= 0.3 is 0 Å². The largest absolute Gasteiger partial charge is 0.370 e. The number of ketones is 1. The maximum atomic E-state index is 11.8. The van der Waals surface area contributed by atoms with Crippen LogP contribution in [0.5, 0.6) is 0 Å². The van der Waals surface area contributed by atoms with Crippen molar-refractivity contribution in [2.75, 3.05) is 0 Å². The quantitative estimate of drug-likeness (QED) is 0.760.